The summed E-state index contributed by atoms with van der Waals surface area (Å²) in [5.41, 5.74) is 5.95. The molecule has 82 valence electrons. The van der Waals surface area contributed by atoms with Gasteiger partial charge in [-0.05, 0) is 12.0 Å². The first-order valence-electron chi connectivity index (χ1n) is 5.00. The van der Waals surface area contributed by atoms with Gasteiger partial charge < -0.3 is 10.6 Å². The van der Waals surface area contributed by atoms with Crippen LogP contribution in [0.25, 0.3) is 5.82 Å². The van der Waals surface area contributed by atoms with Crippen LogP contribution < -0.4 is 10.6 Å². The second-order valence-corrected chi connectivity index (χ2v) is 4.68. The first-order valence-corrected chi connectivity index (χ1v) is 5.44. The maximum absolute atomic E-state index is 5.95. The molecule has 2 heterocycles. The lowest BCUT2D eigenvalue weighted by atomic mass is 10.0. The van der Waals surface area contributed by atoms with E-state index in [1.165, 1.54) is 0 Å². The van der Waals surface area contributed by atoms with Crippen molar-refractivity contribution in [2.75, 3.05) is 11.9 Å². The lowest BCUT2D eigenvalue weighted by Gasteiger charge is -2.35. The number of nitrogens with zero attached hydrogens (tertiary/aromatic N) is 3. The van der Waals surface area contributed by atoms with Gasteiger partial charge in [0.2, 0.25) is 0 Å². The number of likely N-dealkylation sites (N-methyl/N-ethyl adjacent to an activating group) is 1. The molecule has 0 spiro atoms. The summed E-state index contributed by atoms with van der Waals surface area (Å²) >= 11 is 4.39. The van der Waals surface area contributed by atoms with Crippen molar-refractivity contribution in [3.05, 3.63) is 12.3 Å². The Labute approximate surface area is 95.2 Å². The average Bonchev–Trinajstić information content (AvgIpc) is 2.54. The number of anilines is 1. The van der Waals surface area contributed by atoms with Crippen molar-refractivity contribution in [3.63, 3.8) is 0 Å². The number of hydrogen-bond acceptors (Lipinski definition) is 4. The number of aromatic nitrogens is 2. The molecule has 5 heteroatoms. The van der Waals surface area contributed by atoms with Crippen molar-refractivity contribution >= 4 is 24.3 Å². The van der Waals surface area contributed by atoms with Gasteiger partial charge in [-0.2, -0.15) is 5.10 Å². The highest BCUT2D eigenvalue weighted by Crippen LogP contribution is 2.32. The fourth-order valence-corrected chi connectivity index (χ4v) is 2.29. The second kappa shape index (κ2) is 3.48. The Kier molecular flexibility index (Phi) is 2.42. The molecule has 1 aliphatic heterocycles. The molecular formula is C10H16N4S. The minimum atomic E-state index is 0.306. The molecule has 0 aromatic carbocycles. The van der Waals surface area contributed by atoms with Crippen molar-refractivity contribution in [3.8, 4) is 0 Å². The molecule has 4 nitrogen and oxygen atoms in total. The lowest BCUT2D eigenvalue weighted by molar-refractivity contribution is 0.526. The number of nitrogens with two attached hydrogens (primary N) is 1. The Bertz CT molecular complexity index is 408. The summed E-state index contributed by atoms with van der Waals surface area (Å²) in [5, 5.41) is 4.19. The summed E-state index contributed by atoms with van der Waals surface area (Å²) < 4.78 is 1.72. The molecule has 1 unspecified atom stereocenters. The Morgan fingerprint density at radius 3 is 2.80 bits per heavy atom. The third kappa shape index (κ3) is 1.51. The normalized spacial score (nSPS) is 20.5. The third-order valence-electron chi connectivity index (χ3n) is 2.78. The zero-order valence-corrected chi connectivity index (χ0v) is 10.1. The zero-order chi connectivity index (χ0) is 11.2. The monoisotopic (exact) mass is 224 g/mol. The van der Waals surface area contributed by atoms with E-state index in [9.17, 15) is 0 Å². The molecule has 2 N–H and O–H groups in total. The first-order chi connectivity index (χ1) is 7.02. The van der Waals surface area contributed by atoms with Crippen LogP contribution in [0.4, 0.5) is 5.82 Å². The van der Waals surface area contributed by atoms with Gasteiger partial charge >= 0.3 is 0 Å². The van der Waals surface area contributed by atoms with E-state index in [1.54, 1.807) is 10.9 Å². The second-order valence-electron chi connectivity index (χ2n) is 4.20. The van der Waals surface area contributed by atoms with Crippen molar-refractivity contribution in [2.45, 2.75) is 24.8 Å². The molecule has 0 radical (unpaired) electrons. The average molecular weight is 224 g/mol. The van der Waals surface area contributed by atoms with Crippen LogP contribution in [-0.4, -0.2) is 22.9 Å². The number of thiol groups is 1. The lowest BCUT2D eigenvalue weighted by Crippen LogP contribution is -2.40. The quantitative estimate of drug-likeness (QED) is 0.709. The maximum atomic E-state index is 5.95. The molecule has 2 rings (SSSR count). The van der Waals surface area contributed by atoms with Gasteiger partial charge in [0.1, 0.15) is 11.6 Å². The van der Waals surface area contributed by atoms with Gasteiger partial charge in [0, 0.05) is 7.05 Å². The molecule has 15 heavy (non-hydrogen) atoms. The summed E-state index contributed by atoms with van der Waals surface area (Å²) in [6.45, 7) is 4.35. The fourth-order valence-electron chi connectivity index (χ4n) is 1.99. The molecule has 0 bridgehead atoms. The van der Waals surface area contributed by atoms with Crippen LogP contribution in [0.1, 0.15) is 13.8 Å². The Morgan fingerprint density at radius 2 is 2.20 bits per heavy atom. The number of fused-ring (bicyclic) bond motifs is 1. The van der Waals surface area contributed by atoms with Gasteiger partial charge in [-0.25, -0.2) is 4.68 Å². The summed E-state index contributed by atoms with van der Waals surface area (Å²) in [6, 6.07) is 0.306. The van der Waals surface area contributed by atoms with E-state index in [0.717, 1.165) is 10.7 Å². The minimum Gasteiger partial charge on any atom is -0.384 e. The standard InChI is InChI=1S/C10H16N4S/c1-6(2)7-4-9(11)14-10(13(7)3)8(15)5-12-14/h4-7,15H,11H2,1-3H3. The maximum Gasteiger partial charge on any atom is 0.147 e. The number of hydrogen-bond donors (Lipinski definition) is 2. The zero-order valence-electron chi connectivity index (χ0n) is 9.18. The summed E-state index contributed by atoms with van der Waals surface area (Å²) in [6.07, 6.45) is 3.76. The van der Waals surface area contributed by atoms with Gasteiger partial charge in [0.05, 0.1) is 17.1 Å². The van der Waals surface area contributed by atoms with Crippen molar-refractivity contribution in [2.24, 2.45) is 11.7 Å². The molecule has 1 atom stereocenters. The fraction of sp³-hybridized carbons (Fsp3) is 0.500. The molecule has 0 saturated heterocycles. The highest BCUT2D eigenvalue weighted by molar-refractivity contribution is 7.80. The predicted octanol–water partition coefficient (Wildman–Crippen LogP) is 1.40. The van der Waals surface area contributed by atoms with Gasteiger partial charge in [-0.1, -0.05) is 13.8 Å². The van der Waals surface area contributed by atoms with Crippen molar-refractivity contribution in [1.82, 2.24) is 9.78 Å². The summed E-state index contributed by atoms with van der Waals surface area (Å²) in [4.78, 5) is 3.02. The molecular weight excluding hydrogens is 208 g/mol. The smallest absolute Gasteiger partial charge is 0.147 e. The van der Waals surface area contributed by atoms with Crippen LogP contribution in [0.3, 0.4) is 0 Å². The SMILES string of the molecule is CC(C)C1C=C(N)n2ncc(S)c2N1C. The summed E-state index contributed by atoms with van der Waals surface area (Å²) in [7, 11) is 2.04. The minimum absolute atomic E-state index is 0.306. The predicted molar refractivity (Wildman–Crippen MR) is 65.0 cm³/mol. The Hall–Kier alpha value is -1.10. The number of rotatable bonds is 1. The van der Waals surface area contributed by atoms with Gasteiger partial charge in [0.15, 0.2) is 0 Å². The van der Waals surface area contributed by atoms with E-state index in [0.29, 0.717) is 17.8 Å². The highest BCUT2D eigenvalue weighted by Gasteiger charge is 2.27. The Balaban J connectivity index is 2.51. The first kappa shape index (κ1) is 10.4. The third-order valence-corrected chi connectivity index (χ3v) is 3.09. The van der Waals surface area contributed by atoms with Crippen molar-refractivity contribution < 1.29 is 0 Å². The van der Waals surface area contributed by atoms with Crippen LogP contribution in [0.5, 0.6) is 0 Å². The topological polar surface area (TPSA) is 47.1 Å². The van der Waals surface area contributed by atoms with Crippen LogP contribution >= 0.6 is 12.6 Å². The molecule has 1 aromatic heterocycles. The van der Waals surface area contributed by atoms with E-state index >= 15 is 0 Å². The van der Waals surface area contributed by atoms with E-state index < -0.39 is 0 Å². The van der Waals surface area contributed by atoms with Gasteiger partial charge in [0.25, 0.3) is 0 Å². The Morgan fingerprint density at radius 1 is 1.53 bits per heavy atom. The van der Waals surface area contributed by atoms with Crippen LogP contribution in [0.2, 0.25) is 0 Å². The molecule has 0 saturated carbocycles. The molecule has 0 aliphatic carbocycles. The molecule has 0 amide bonds. The largest absolute Gasteiger partial charge is 0.384 e. The summed E-state index contributed by atoms with van der Waals surface area (Å²) in [5.74, 6) is 2.16. The van der Waals surface area contributed by atoms with Gasteiger partial charge in [-0.3, -0.25) is 0 Å². The highest BCUT2D eigenvalue weighted by atomic mass is 32.1. The van der Waals surface area contributed by atoms with E-state index in [2.05, 4.69) is 36.5 Å². The van der Waals surface area contributed by atoms with E-state index in [1.807, 2.05) is 13.1 Å². The van der Waals surface area contributed by atoms with Crippen LogP contribution in [0.15, 0.2) is 17.2 Å². The van der Waals surface area contributed by atoms with E-state index in [-0.39, 0.29) is 0 Å². The van der Waals surface area contributed by atoms with Crippen LogP contribution in [-0.2, 0) is 0 Å². The van der Waals surface area contributed by atoms with Crippen LogP contribution in [0, 0.1) is 5.92 Å². The van der Waals surface area contributed by atoms with Gasteiger partial charge in [-0.15, -0.1) is 12.6 Å². The van der Waals surface area contributed by atoms with E-state index in [4.69, 9.17) is 5.73 Å². The molecule has 0 fully saturated rings. The van der Waals surface area contributed by atoms with Crippen molar-refractivity contribution in [1.29, 1.82) is 0 Å². The molecule has 1 aliphatic rings. The molecule has 1 aromatic rings.